The van der Waals surface area contributed by atoms with Crippen molar-refractivity contribution in [3.05, 3.63) is 66.2 Å². The van der Waals surface area contributed by atoms with Crippen LogP contribution in [0.5, 0.6) is 0 Å². The van der Waals surface area contributed by atoms with Gasteiger partial charge in [0.15, 0.2) is 0 Å². The van der Waals surface area contributed by atoms with Crippen molar-refractivity contribution in [3.63, 3.8) is 0 Å². The van der Waals surface area contributed by atoms with E-state index in [1.54, 1.807) is 24.5 Å². The quantitative estimate of drug-likeness (QED) is 0.398. The number of nitriles is 1. The Kier molecular flexibility index (Phi) is 5.25. The molecule has 0 saturated carbocycles. The Morgan fingerprint density at radius 2 is 1.75 bits per heavy atom. The van der Waals surface area contributed by atoms with Gasteiger partial charge >= 0.3 is 6.18 Å². The molecule has 1 aliphatic heterocycles. The molecule has 0 fully saturated rings. The van der Waals surface area contributed by atoms with Gasteiger partial charge < -0.3 is 15.5 Å². The highest BCUT2D eigenvalue weighted by Gasteiger charge is 2.34. The number of fused-ring (bicyclic) bond motifs is 3. The van der Waals surface area contributed by atoms with Crippen LogP contribution >= 0.6 is 0 Å². The zero-order valence-corrected chi connectivity index (χ0v) is 19.8. The largest absolute Gasteiger partial charge is 0.419 e. The molecule has 1 aliphatic rings. The van der Waals surface area contributed by atoms with Gasteiger partial charge in [0.05, 0.1) is 64.4 Å². The second-order valence-corrected chi connectivity index (χ2v) is 9.28. The number of anilines is 4. The fraction of sp³-hybridized carbons (Fsp3) is 0.231. The van der Waals surface area contributed by atoms with Crippen molar-refractivity contribution < 1.29 is 13.2 Å². The van der Waals surface area contributed by atoms with Crippen molar-refractivity contribution in [1.29, 1.82) is 5.26 Å². The minimum absolute atomic E-state index is 0.304. The third-order valence-corrected chi connectivity index (χ3v) is 6.39. The second-order valence-electron chi connectivity index (χ2n) is 9.28. The van der Waals surface area contributed by atoms with E-state index in [1.807, 2.05) is 44.0 Å². The van der Waals surface area contributed by atoms with E-state index in [1.165, 1.54) is 6.20 Å². The molecule has 182 valence electrons. The van der Waals surface area contributed by atoms with Crippen LogP contribution in [0.4, 0.5) is 36.1 Å². The lowest BCUT2D eigenvalue weighted by Gasteiger charge is -2.22. The molecule has 0 amide bonds. The molecule has 4 aromatic rings. The Labute approximate surface area is 205 Å². The highest BCUT2D eigenvalue weighted by molar-refractivity contribution is 6.04. The van der Waals surface area contributed by atoms with E-state index in [0.29, 0.717) is 29.0 Å². The predicted octanol–water partition coefficient (Wildman–Crippen LogP) is 5.64. The highest BCUT2D eigenvalue weighted by Crippen LogP contribution is 2.45. The SMILES string of the molecule is CN1CN(c2ccc(C(C)(C)C#N)nc2)c2c1cnc1ccc(-c3cnc(N)c(C(F)(F)F)c3)cc21. The highest BCUT2D eigenvalue weighted by atomic mass is 19.4. The van der Waals surface area contributed by atoms with Crippen LogP contribution in [0, 0.1) is 11.3 Å². The van der Waals surface area contributed by atoms with Gasteiger partial charge in [-0.3, -0.25) is 9.97 Å². The molecule has 10 heteroatoms. The maximum absolute atomic E-state index is 13.4. The number of alkyl halides is 3. The lowest BCUT2D eigenvalue weighted by Crippen LogP contribution is -2.24. The summed E-state index contributed by atoms with van der Waals surface area (Å²) in [6.07, 6.45) is 0.245. The lowest BCUT2D eigenvalue weighted by atomic mass is 9.91. The van der Waals surface area contributed by atoms with Crippen molar-refractivity contribution in [2.75, 3.05) is 29.2 Å². The summed E-state index contributed by atoms with van der Waals surface area (Å²) in [5.74, 6) is -0.557. The minimum atomic E-state index is -4.61. The number of nitrogen functional groups attached to an aromatic ring is 1. The molecule has 4 heterocycles. The van der Waals surface area contributed by atoms with Gasteiger partial charge in [-0.05, 0) is 49.7 Å². The zero-order valence-electron chi connectivity index (χ0n) is 19.8. The number of pyridine rings is 3. The fourth-order valence-electron chi connectivity index (χ4n) is 4.31. The Morgan fingerprint density at radius 1 is 0.972 bits per heavy atom. The number of aromatic nitrogens is 3. The fourth-order valence-corrected chi connectivity index (χ4v) is 4.31. The van der Waals surface area contributed by atoms with Gasteiger partial charge in [-0.25, -0.2) is 4.98 Å². The van der Waals surface area contributed by atoms with Gasteiger partial charge in [-0.15, -0.1) is 0 Å². The zero-order chi connectivity index (χ0) is 25.8. The van der Waals surface area contributed by atoms with Gasteiger partial charge in [0.2, 0.25) is 0 Å². The molecule has 0 saturated heterocycles. The number of benzene rings is 1. The standard InChI is InChI=1S/C26H22F3N7/c1-25(2,13-30)22-7-5-17(11-33-22)36-14-35(3)21-12-32-20-6-4-15(8-18(20)23(21)36)16-9-19(26(27,28)29)24(31)34-10-16/h4-12H,14H2,1-3H3,(H2,31,34). The van der Waals surface area contributed by atoms with E-state index >= 15 is 0 Å². The number of rotatable bonds is 3. The van der Waals surface area contributed by atoms with Crippen LogP contribution in [0.1, 0.15) is 25.1 Å². The van der Waals surface area contributed by atoms with Gasteiger partial charge in [-0.1, -0.05) is 6.07 Å². The first-order valence-electron chi connectivity index (χ1n) is 11.1. The molecule has 0 radical (unpaired) electrons. The van der Waals surface area contributed by atoms with E-state index in [4.69, 9.17) is 5.73 Å². The van der Waals surface area contributed by atoms with Crippen LogP contribution in [-0.4, -0.2) is 28.7 Å². The summed E-state index contributed by atoms with van der Waals surface area (Å²) in [6, 6.07) is 12.3. The summed E-state index contributed by atoms with van der Waals surface area (Å²) < 4.78 is 40.3. The summed E-state index contributed by atoms with van der Waals surface area (Å²) in [7, 11) is 1.94. The Morgan fingerprint density at radius 3 is 2.42 bits per heavy atom. The Hall–Kier alpha value is -4.39. The van der Waals surface area contributed by atoms with E-state index < -0.39 is 23.0 Å². The Balaban J connectivity index is 1.63. The average molecular weight is 490 g/mol. The van der Waals surface area contributed by atoms with Crippen molar-refractivity contribution in [2.45, 2.75) is 25.4 Å². The number of hydrogen-bond donors (Lipinski definition) is 1. The summed E-state index contributed by atoms with van der Waals surface area (Å²) in [5, 5.41) is 10.2. The molecule has 36 heavy (non-hydrogen) atoms. The Bertz CT molecular complexity index is 1520. The summed E-state index contributed by atoms with van der Waals surface area (Å²) in [4.78, 5) is 17.0. The first-order valence-corrected chi connectivity index (χ1v) is 11.1. The van der Waals surface area contributed by atoms with Crippen LogP contribution in [0.15, 0.2) is 55.0 Å². The van der Waals surface area contributed by atoms with Crippen LogP contribution in [0.25, 0.3) is 22.0 Å². The molecule has 0 aliphatic carbocycles. The van der Waals surface area contributed by atoms with Crippen LogP contribution < -0.4 is 15.5 Å². The number of nitrogens with zero attached hydrogens (tertiary/aromatic N) is 6. The van der Waals surface area contributed by atoms with Gasteiger partial charge in [0.25, 0.3) is 0 Å². The maximum atomic E-state index is 13.4. The van der Waals surface area contributed by atoms with Crippen molar-refractivity contribution in [2.24, 2.45) is 0 Å². The first kappa shape index (κ1) is 23.4. The van der Waals surface area contributed by atoms with E-state index in [0.717, 1.165) is 28.5 Å². The smallest absolute Gasteiger partial charge is 0.383 e. The topological polar surface area (TPSA) is 95.0 Å². The third-order valence-electron chi connectivity index (χ3n) is 6.39. The summed E-state index contributed by atoms with van der Waals surface area (Å²) in [6.45, 7) is 4.15. The van der Waals surface area contributed by atoms with E-state index in [-0.39, 0.29) is 0 Å². The molecular weight excluding hydrogens is 467 g/mol. The van der Waals surface area contributed by atoms with Crippen LogP contribution in [0.2, 0.25) is 0 Å². The van der Waals surface area contributed by atoms with Crippen LogP contribution in [-0.2, 0) is 11.6 Å². The monoisotopic (exact) mass is 489 g/mol. The molecule has 7 nitrogen and oxygen atoms in total. The third kappa shape index (κ3) is 3.82. The molecule has 0 bridgehead atoms. The van der Waals surface area contributed by atoms with Crippen LogP contribution in [0.3, 0.4) is 0 Å². The molecule has 0 atom stereocenters. The van der Waals surface area contributed by atoms with Gasteiger partial charge in [0, 0.05) is 24.2 Å². The normalized spacial score (nSPS) is 13.7. The predicted molar refractivity (Wildman–Crippen MR) is 133 cm³/mol. The number of halogens is 3. The first-order chi connectivity index (χ1) is 17.0. The molecule has 2 N–H and O–H groups in total. The van der Waals surface area contributed by atoms with E-state index in [9.17, 15) is 18.4 Å². The van der Waals surface area contributed by atoms with Crippen molar-refractivity contribution >= 4 is 33.8 Å². The molecule has 5 rings (SSSR count). The summed E-state index contributed by atoms with van der Waals surface area (Å²) in [5.41, 5.74) is 8.62. The maximum Gasteiger partial charge on any atom is 0.419 e. The minimum Gasteiger partial charge on any atom is -0.383 e. The number of nitrogens with two attached hydrogens (primary N) is 1. The second kappa shape index (κ2) is 8.09. The molecule has 3 aromatic heterocycles. The number of hydrogen-bond acceptors (Lipinski definition) is 7. The average Bonchev–Trinajstić information content (AvgIpc) is 3.20. The summed E-state index contributed by atoms with van der Waals surface area (Å²) >= 11 is 0. The lowest BCUT2D eigenvalue weighted by molar-refractivity contribution is -0.137. The van der Waals surface area contributed by atoms with Gasteiger partial charge in [-0.2, -0.15) is 18.4 Å². The molecular formula is C26H22F3N7. The van der Waals surface area contributed by atoms with Crippen molar-refractivity contribution in [1.82, 2.24) is 15.0 Å². The van der Waals surface area contributed by atoms with Gasteiger partial charge in [0.1, 0.15) is 5.82 Å². The van der Waals surface area contributed by atoms with E-state index in [2.05, 4.69) is 25.9 Å². The van der Waals surface area contributed by atoms with Crippen molar-refractivity contribution in [3.8, 4) is 17.2 Å². The molecule has 0 spiro atoms. The molecule has 0 unspecified atom stereocenters. The molecule has 1 aromatic carbocycles.